The molecule has 0 unspecified atom stereocenters. The van der Waals surface area contributed by atoms with Gasteiger partial charge < -0.3 is 4.74 Å². The Morgan fingerprint density at radius 3 is 2.50 bits per heavy atom. The van der Waals surface area contributed by atoms with E-state index in [0.29, 0.717) is 11.6 Å². The van der Waals surface area contributed by atoms with Crippen molar-refractivity contribution in [3.63, 3.8) is 0 Å². The first-order chi connectivity index (χ1) is 9.60. The van der Waals surface area contributed by atoms with Crippen LogP contribution in [0.3, 0.4) is 0 Å². The molecule has 0 radical (unpaired) electrons. The zero-order chi connectivity index (χ0) is 14.5. The number of nitrogens with zero attached hydrogens (tertiary/aromatic N) is 1. The molecule has 4 nitrogen and oxygen atoms in total. The second-order valence-electron chi connectivity index (χ2n) is 4.10. The lowest BCUT2D eigenvalue weighted by Crippen LogP contribution is -2.01. The topological polar surface area (TPSA) is 52.4 Å². The van der Waals surface area contributed by atoms with Gasteiger partial charge in [0, 0.05) is 11.9 Å². The number of ether oxygens (including phenoxy) is 1. The van der Waals surface area contributed by atoms with Gasteiger partial charge in [-0.1, -0.05) is 12.1 Å². The lowest BCUT2D eigenvalue weighted by molar-refractivity contribution is -0.385. The van der Waals surface area contributed by atoms with Crippen LogP contribution in [0.4, 0.5) is 10.1 Å². The molecule has 0 aliphatic carbocycles. The Morgan fingerprint density at radius 1 is 1.20 bits per heavy atom. The van der Waals surface area contributed by atoms with E-state index < -0.39 is 10.7 Å². The molecule has 0 atom stereocenters. The van der Waals surface area contributed by atoms with E-state index in [1.807, 2.05) is 0 Å². The van der Waals surface area contributed by atoms with E-state index in [4.69, 9.17) is 16.3 Å². The average molecular weight is 296 g/mol. The van der Waals surface area contributed by atoms with Crippen LogP contribution < -0.4 is 4.74 Å². The lowest BCUT2D eigenvalue weighted by atomic mass is 10.2. The van der Waals surface area contributed by atoms with Crippen LogP contribution >= 0.6 is 11.6 Å². The molecule has 0 saturated heterocycles. The first kappa shape index (κ1) is 14.3. The summed E-state index contributed by atoms with van der Waals surface area (Å²) < 4.78 is 18.6. The van der Waals surface area contributed by atoms with Crippen LogP contribution in [0.2, 0.25) is 0 Å². The molecule has 20 heavy (non-hydrogen) atoms. The van der Waals surface area contributed by atoms with Gasteiger partial charge in [0.2, 0.25) is 0 Å². The predicted molar refractivity (Wildman–Crippen MR) is 73.4 cm³/mol. The van der Waals surface area contributed by atoms with Gasteiger partial charge in [0.1, 0.15) is 18.2 Å². The number of rotatable bonds is 5. The molecule has 0 aliphatic rings. The molecule has 6 heteroatoms. The van der Waals surface area contributed by atoms with E-state index in [0.717, 1.165) is 23.8 Å². The first-order valence-electron chi connectivity index (χ1n) is 5.80. The molecule has 0 spiro atoms. The van der Waals surface area contributed by atoms with Crippen LogP contribution in [0.15, 0.2) is 42.5 Å². The van der Waals surface area contributed by atoms with Gasteiger partial charge >= 0.3 is 0 Å². The Kier molecular flexibility index (Phi) is 4.53. The lowest BCUT2D eigenvalue weighted by Gasteiger charge is -2.07. The molecule has 2 rings (SSSR count). The third-order valence-corrected chi connectivity index (χ3v) is 3.02. The fraction of sp³-hybridized carbons (Fsp3) is 0.143. The second kappa shape index (κ2) is 6.34. The molecule has 0 aromatic heterocycles. The Labute approximate surface area is 119 Å². The molecule has 0 aliphatic heterocycles. The van der Waals surface area contributed by atoms with E-state index in [9.17, 15) is 14.5 Å². The highest BCUT2D eigenvalue weighted by Gasteiger charge is 2.14. The summed E-state index contributed by atoms with van der Waals surface area (Å²) in [5.41, 5.74) is 0.968. The highest BCUT2D eigenvalue weighted by atomic mass is 35.5. The number of halogens is 2. The molecule has 0 heterocycles. The second-order valence-corrected chi connectivity index (χ2v) is 4.36. The smallest absolute Gasteiger partial charge is 0.276 e. The molecule has 104 valence electrons. The third kappa shape index (κ3) is 3.45. The SMILES string of the molecule is O=[N+]([O-])c1ccc(F)cc1COc1ccc(CCl)cc1. The van der Waals surface area contributed by atoms with E-state index in [1.54, 1.807) is 24.3 Å². The fourth-order valence-corrected chi connectivity index (χ4v) is 1.86. The standard InChI is InChI=1S/C14H11ClFNO3/c15-8-10-1-4-13(5-2-10)20-9-11-7-12(16)3-6-14(11)17(18)19/h1-7H,8-9H2. The van der Waals surface area contributed by atoms with Gasteiger partial charge in [0.25, 0.3) is 5.69 Å². The Morgan fingerprint density at radius 2 is 1.90 bits per heavy atom. The van der Waals surface area contributed by atoms with Crippen LogP contribution in [0.5, 0.6) is 5.75 Å². The maximum atomic E-state index is 13.1. The van der Waals surface area contributed by atoms with Crippen molar-refractivity contribution in [2.45, 2.75) is 12.5 Å². The van der Waals surface area contributed by atoms with Gasteiger partial charge in [-0.05, 0) is 29.8 Å². The van der Waals surface area contributed by atoms with E-state index in [1.165, 1.54) is 0 Å². The number of alkyl halides is 1. The number of hydrogen-bond donors (Lipinski definition) is 0. The van der Waals surface area contributed by atoms with Crippen molar-refractivity contribution < 1.29 is 14.1 Å². The summed E-state index contributed by atoms with van der Waals surface area (Å²) in [6.07, 6.45) is 0. The van der Waals surface area contributed by atoms with Gasteiger partial charge in [-0.3, -0.25) is 10.1 Å². The van der Waals surface area contributed by atoms with Crippen LogP contribution in [0, 0.1) is 15.9 Å². The summed E-state index contributed by atoms with van der Waals surface area (Å²) in [4.78, 5) is 10.3. The minimum Gasteiger partial charge on any atom is -0.489 e. The summed E-state index contributed by atoms with van der Waals surface area (Å²) in [5.74, 6) is 0.402. The molecule has 0 fully saturated rings. The van der Waals surface area contributed by atoms with E-state index in [2.05, 4.69) is 0 Å². The predicted octanol–water partition coefficient (Wildman–Crippen LogP) is 4.05. The summed E-state index contributed by atoms with van der Waals surface area (Å²) in [6, 6.07) is 10.3. The Hall–Kier alpha value is -2.14. The van der Waals surface area contributed by atoms with Gasteiger partial charge in [-0.15, -0.1) is 11.6 Å². The number of nitro groups is 1. The zero-order valence-electron chi connectivity index (χ0n) is 10.4. The maximum absolute atomic E-state index is 13.1. The van der Waals surface area contributed by atoms with Gasteiger partial charge in [0.15, 0.2) is 0 Å². The van der Waals surface area contributed by atoms with Gasteiger partial charge in [0.05, 0.1) is 10.5 Å². The van der Waals surface area contributed by atoms with Crippen molar-refractivity contribution in [2.75, 3.05) is 0 Å². The van der Waals surface area contributed by atoms with Gasteiger partial charge in [-0.2, -0.15) is 0 Å². The summed E-state index contributed by atoms with van der Waals surface area (Å²) in [6.45, 7) is -0.0751. The normalized spacial score (nSPS) is 10.3. The van der Waals surface area contributed by atoms with Crippen molar-refractivity contribution in [1.29, 1.82) is 0 Å². The van der Waals surface area contributed by atoms with Crippen molar-refractivity contribution in [2.24, 2.45) is 0 Å². The molecular weight excluding hydrogens is 285 g/mol. The van der Waals surface area contributed by atoms with Crippen LogP contribution in [0.1, 0.15) is 11.1 Å². The minimum atomic E-state index is -0.561. The highest BCUT2D eigenvalue weighted by Crippen LogP contribution is 2.22. The monoisotopic (exact) mass is 295 g/mol. The molecule has 0 bridgehead atoms. The Balaban J connectivity index is 2.13. The number of hydrogen-bond acceptors (Lipinski definition) is 3. The largest absolute Gasteiger partial charge is 0.489 e. The zero-order valence-corrected chi connectivity index (χ0v) is 11.1. The van der Waals surface area contributed by atoms with Crippen molar-refractivity contribution in [3.8, 4) is 5.75 Å². The fourth-order valence-electron chi connectivity index (χ4n) is 1.68. The van der Waals surface area contributed by atoms with Crippen molar-refractivity contribution in [3.05, 3.63) is 69.5 Å². The van der Waals surface area contributed by atoms with Crippen LogP contribution in [-0.4, -0.2) is 4.92 Å². The van der Waals surface area contributed by atoms with Crippen molar-refractivity contribution in [1.82, 2.24) is 0 Å². The number of benzene rings is 2. The molecule has 0 N–H and O–H groups in total. The van der Waals surface area contributed by atoms with E-state index >= 15 is 0 Å². The molecule has 0 saturated carbocycles. The minimum absolute atomic E-state index is 0.0751. The first-order valence-corrected chi connectivity index (χ1v) is 6.34. The third-order valence-electron chi connectivity index (χ3n) is 2.71. The number of nitro benzene ring substituents is 1. The highest BCUT2D eigenvalue weighted by molar-refractivity contribution is 6.17. The molecule has 2 aromatic carbocycles. The quantitative estimate of drug-likeness (QED) is 0.475. The molecule has 2 aromatic rings. The van der Waals surface area contributed by atoms with Crippen LogP contribution in [-0.2, 0) is 12.5 Å². The molecule has 0 amide bonds. The summed E-state index contributed by atoms with van der Waals surface area (Å²) >= 11 is 5.67. The van der Waals surface area contributed by atoms with Crippen LogP contribution in [0.25, 0.3) is 0 Å². The van der Waals surface area contributed by atoms with Gasteiger partial charge in [-0.25, -0.2) is 4.39 Å². The maximum Gasteiger partial charge on any atom is 0.276 e. The Bertz CT molecular complexity index is 616. The van der Waals surface area contributed by atoms with E-state index in [-0.39, 0.29) is 17.9 Å². The summed E-state index contributed by atoms with van der Waals surface area (Å²) in [5, 5.41) is 10.8. The molecular formula is C14H11ClFNO3. The average Bonchev–Trinajstić information content (AvgIpc) is 2.45. The summed E-state index contributed by atoms with van der Waals surface area (Å²) in [7, 11) is 0. The van der Waals surface area contributed by atoms with Crippen molar-refractivity contribution >= 4 is 17.3 Å².